The van der Waals surface area contributed by atoms with Gasteiger partial charge in [-0.05, 0) is 35.0 Å². The molecule has 0 amide bonds. The van der Waals surface area contributed by atoms with Crippen LogP contribution >= 0.6 is 15.9 Å². The Morgan fingerprint density at radius 2 is 2.12 bits per heavy atom. The van der Waals surface area contributed by atoms with E-state index >= 15 is 0 Å². The van der Waals surface area contributed by atoms with Crippen LogP contribution in [-0.4, -0.2) is 13.7 Å². The van der Waals surface area contributed by atoms with Gasteiger partial charge in [-0.1, -0.05) is 20.3 Å². The summed E-state index contributed by atoms with van der Waals surface area (Å²) in [6.45, 7) is 5.08. The first-order valence-corrected chi connectivity index (χ1v) is 6.69. The van der Waals surface area contributed by atoms with Crippen LogP contribution in [0.3, 0.4) is 0 Å². The second-order valence-electron chi connectivity index (χ2n) is 3.91. The molecule has 1 aromatic carbocycles. The summed E-state index contributed by atoms with van der Waals surface area (Å²) >= 11 is 3.22. The zero-order valence-corrected chi connectivity index (χ0v) is 12.1. The van der Waals surface area contributed by atoms with Crippen molar-refractivity contribution in [1.82, 2.24) is 5.32 Å². The first-order chi connectivity index (χ1) is 8.13. The van der Waals surface area contributed by atoms with Crippen molar-refractivity contribution in [1.29, 1.82) is 0 Å². The Morgan fingerprint density at radius 1 is 1.41 bits per heavy atom. The lowest BCUT2D eigenvalue weighted by Crippen LogP contribution is -2.21. The van der Waals surface area contributed by atoms with Crippen molar-refractivity contribution in [3.05, 3.63) is 28.0 Å². The highest BCUT2D eigenvalue weighted by Crippen LogP contribution is 2.32. The monoisotopic (exact) mass is 303 g/mol. The summed E-state index contributed by atoms with van der Waals surface area (Å²) in [7, 11) is 1.57. The summed E-state index contributed by atoms with van der Waals surface area (Å²) < 4.78 is 19.2. The van der Waals surface area contributed by atoms with E-state index in [9.17, 15) is 4.39 Å². The molecule has 4 heteroatoms. The van der Waals surface area contributed by atoms with Crippen LogP contribution in [0.1, 0.15) is 38.3 Å². The predicted molar refractivity (Wildman–Crippen MR) is 72.0 cm³/mol. The molecule has 1 aromatic rings. The number of hydrogen-bond donors (Lipinski definition) is 1. The molecule has 0 saturated heterocycles. The van der Waals surface area contributed by atoms with Gasteiger partial charge in [-0.2, -0.15) is 0 Å². The number of methoxy groups -OCH3 is 1. The lowest BCUT2D eigenvalue weighted by atomic mass is 10.0. The van der Waals surface area contributed by atoms with E-state index in [0.717, 1.165) is 24.9 Å². The van der Waals surface area contributed by atoms with Crippen molar-refractivity contribution in [2.24, 2.45) is 0 Å². The van der Waals surface area contributed by atoms with Crippen LogP contribution in [0.15, 0.2) is 16.6 Å². The molecule has 2 nitrogen and oxygen atoms in total. The largest absolute Gasteiger partial charge is 0.496 e. The van der Waals surface area contributed by atoms with Crippen molar-refractivity contribution in [3.63, 3.8) is 0 Å². The van der Waals surface area contributed by atoms with Crippen molar-refractivity contribution < 1.29 is 9.13 Å². The molecule has 0 aliphatic carbocycles. The van der Waals surface area contributed by atoms with E-state index in [1.54, 1.807) is 13.2 Å². The van der Waals surface area contributed by atoms with Crippen LogP contribution in [-0.2, 0) is 0 Å². The number of nitrogens with one attached hydrogen (secondary N) is 1. The summed E-state index contributed by atoms with van der Waals surface area (Å²) in [6, 6.07) is 3.44. The van der Waals surface area contributed by atoms with Gasteiger partial charge in [-0.3, -0.25) is 0 Å². The molecule has 1 rings (SSSR count). The Hall–Kier alpha value is -0.610. The molecule has 0 heterocycles. The molecule has 0 fully saturated rings. The van der Waals surface area contributed by atoms with Crippen LogP contribution in [0, 0.1) is 5.82 Å². The number of ether oxygens (including phenoxy) is 1. The fraction of sp³-hybridized carbons (Fsp3) is 0.538. The summed E-state index contributed by atoms with van der Waals surface area (Å²) in [6.07, 6.45) is 2.07. The second kappa shape index (κ2) is 6.97. The van der Waals surface area contributed by atoms with Crippen LogP contribution in [0.2, 0.25) is 0 Å². The van der Waals surface area contributed by atoms with Gasteiger partial charge in [0.15, 0.2) is 0 Å². The van der Waals surface area contributed by atoms with Gasteiger partial charge < -0.3 is 10.1 Å². The van der Waals surface area contributed by atoms with E-state index in [2.05, 4.69) is 35.1 Å². The Labute approximate surface area is 111 Å². The Kier molecular flexibility index (Phi) is 5.92. The molecule has 0 aromatic heterocycles. The Balaban J connectivity index is 3.11. The zero-order chi connectivity index (χ0) is 12.8. The molecule has 17 heavy (non-hydrogen) atoms. The van der Waals surface area contributed by atoms with Gasteiger partial charge in [0.25, 0.3) is 0 Å². The summed E-state index contributed by atoms with van der Waals surface area (Å²) in [5, 5.41) is 3.40. The molecule has 1 unspecified atom stereocenters. The van der Waals surface area contributed by atoms with Crippen molar-refractivity contribution in [2.45, 2.75) is 32.7 Å². The van der Waals surface area contributed by atoms with E-state index in [1.807, 2.05) is 0 Å². The third kappa shape index (κ3) is 3.68. The third-order valence-corrected chi connectivity index (χ3v) is 3.28. The highest BCUT2D eigenvalue weighted by atomic mass is 79.9. The maximum absolute atomic E-state index is 13.4. The minimum absolute atomic E-state index is 0.205. The average molecular weight is 304 g/mol. The summed E-state index contributed by atoms with van der Waals surface area (Å²) in [5.74, 6) is 0.308. The molecule has 0 radical (unpaired) electrons. The Bertz CT molecular complexity index is 365. The maximum Gasteiger partial charge on any atom is 0.141 e. The van der Waals surface area contributed by atoms with Gasteiger partial charge in [0.2, 0.25) is 0 Å². The summed E-state index contributed by atoms with van der Waals surface area (Å²) in [5.41, 5.74) is 1.00. The van der Waals surface area contributed by atoms with Crippen molar-refractivity contribution in [3.8, 4) is 5.75 Å². The molecule has 96 valence electrons. The van der Waals surface area contributed by atoms with E-state index in [0.29, 0.717) is 10.2 Å². The Morgan fingerprint density at radius 3 is 2.65 bits per heavy atom. The average Bonchev–Trinajstić information content (AvgIpc) is 2.32. The highest BCUT2D eigenvalue weighted by Gasteiger charge is 2.17. The first kappa shape index (κ1) is 14.5. The van der Waals surface area contributed by atoms with Crippen molar-refractivity contribution >= 4 is 15.9 Å². The number of benzene rings is 1. The second-order valence-corrected chi connectivity index (χ2v) is 4.76. The van der Waals surface area contributed by atoms with Crippen molar-refractivity contribution in [2.75, 3.05) is 13.7 Å². The molecule has 1 N–H and O–H groups in total. The maximum atomic E-state index is 13.4. The first-order valence-electron chi connectivity index (χ1n) is 5.90. The molecule has 0 saturated carbocycles. The highest BCUT2D eigenvalue weighted by molar-refractivity contribution is 9.10. The van der Waals surface area contributed by atoms with Gasteiger partial charge in [-0.15, -0.1) is 0 Å². The topological polar surface area (TPSA) is 21.3 Å². The van der Waals surface area contributed by atoms with Gasteiger partial charge >= 0.3 is 0 Å². The van der Waals surface area contributed by atoms with Gasteiger partial charge in [0.1, 0.15) is 11.6 Å². The molecule has 1 atom stereocenters. The standard InChI is InChI=1S/C13H19BrFNO/c1-4-6-12(16-5-2)9-7-10(14)11(15)8-13(9)17-3/h7-8,12,16H,4-6H2,1-3H3. The van der Waals surface area contributed by atoms with Gasteiger partial charge in [0, 0.05) is 17.7 Å². The quantitative estimate of drug-likeness (QED) is 0.856. The number of halogens is 2. The van der Waals surface area contributed by atoms with E-state index in [1.165, 1.54) is 6.07 Å². The summed E-state index contributed by atoms with van der Waals surface area (Å²) in [4.78, 5) is 0. The van der Waals surface area contributed by atoms with Gasteiger partial charge in [0.05, 0.1) is 11.6 Å². The lowest BCUT2D eigenvalue weighted by Gasteiger charge is -2.20. The molecule has 0 spiro atoms. The molecular formula is C13H19BrFNO. The van der Waals surface area contributed by atoms with E-state index in [-0.39, 0.29) is 11.9 Å². The van der Waals surface area contributed by atoms with Crippen LogP contribution in [0.25, 0.3) is 0 Å². The van der Waals surface area contributed by atoms with Crippen LogP contribution in [0.5, 0.6) is 5.75 Å². The SMILES string of the molecule is CCCC(NCC)c1cc(Br)c(F)cc1OC. The van der Waals surface area contributed by atoms with E-state index in [4.69, 9.17) is 4.74 Å². The molecule has 0 bridgehead atoms. The molecule has 0 aliphatic heterocycles. The normalized spacial score (nSPS) is 12.5. The smallest absolute Gasteiger partial charge is 0.141 e. The zero-order valence-electron chi connectivity index (χ0n) is 10.5. The predicted octanol–water partition coefficient (Wildman–Crippen LogP) is 4.05. The lowest BCUT2D eigenvalue weighted by molar-refractivity contribution is 0.391. The fourth-order valence-corrected chi connectivity index (χ4v) is 2.26. The number of rotatable bonds is 6. The number of hydrogen-bond acceptors (Lipinski definition) is 2. The van der Waals surface area contributed by atoms with Gasteiger partial charge in [-0.25, -0.2) is 4.39 Å². The minimum atomic E-state index is -0.294. The minimum Gasteiger partial charge on any atom is -0.496 e. The van der Waals surface area contributed by atoms with E-state index < -0.39 is 0 Å². The fourth-order valence-electron chi connectivity index (χ4n) is 1.90. The van der Waals surface area contributed by atoms with Crippen LogP contribution in [0.4, 0.5) is 4.39 Å². The molecular weight excluding hydrogens is 285 g/mol. The third-order valence-electron chi connectivity index (χ3n) is 2.68. The van der Waals surface area contributed by atoms with Crippen LogP contribution < -0.4 is 10.1 Å². The molecule has 0 aliphatic rings.